The third-order valence-corrected chi connectivity index (χ3v) is 4.15. The molecule has 1 heterocycles. The van der Waals surface area contributed by atoms with Crippen molar-refractivity contribution in [2.45, 2.75) is 0 Å². The number of carbonyl (C=O) groups excluding carboxylic acids is 2. The maximum absolute atomic E-state index is 12.3. The first-order valence-electron chi connectivity index (χ1n) is 8.12. The zero-order valence-corrected chi connectivity index (χ0v) is 14.1. The first-order valence-corrected chi connectivity index (χ1v) is 8.12. The Hall–Kier alpha value is -3.08. The van der Waals surface area contributed by atoms with Gasteiger partial charge in [0.25, 0.3) is 5.91 Å². The lowest BCUT2D eigenvalue weighted by molar-refractivity contribution is -0.128. The van der Waals surface area contributed by atoms with Gasteiger partial charge in [0.1, 0.15) is 5.75 Å². The fraction of sp³-hybridized carbons (Fsp3) is 0.200. The summed E-state index contributed by atoms with van der Waals surface area (Å²) in [6, 6.07) is 16.8. The lowest BCUT2D eigenvalue weighted by Crippen LogP contribution is -2.39. The van der Waals surface area contributed by atoms with Crippen molar-refractivity contribution in [1.82, 2.24) is 10.2 Å². The van der Waals surface area contributed by atoms with E-state index in [1.165, 1.54) is 0 Å². The molecule has 1 N–H and O–H groups in total. The van der Waals surface area contributed by atoms with Crippen LogP contribution < -0.4 is 10.1 Å². The number of methoxy groups -OCH3 is 1. The molecule has 0 saturated carbocycles. The van der Waals surface area contributed by atoms with Crippen molar-refractivity contribution in [2.75, 3.05) is 26.7 Å². The van der Waals surface area contributed by atoms with Gasteiger partial charge in [-0.25, -0.2) is 0 Å². The molecule has 25 heavy (non-hydrogen) atoms. The molecule has 1 aliphatic heterocycles. The van der Waals surface area contributed by atoms with E-state index in [2.05, 4.69) is 11.4 Å². The molecule has 0 radical (unpaired) electrons. The lowest BCUT2D eigenvalue weighted by Gasteiger charge is -2.17. The summed E-state index contributed by atoms with van der Waals surface area (Å²) in [5, 5.41) is 2.67. The Morgan fingerprint density at radius 3 is 2.68 bits per heavy atom. The molecule has 0 atom stereocenters. The van der Waals surface area contributed by atoms with Crippen LogP contribution in [0.4, 0.5) is 0 Å². The van der Waals surface area contributed by atoms with Gasteiger partial charge in [0, 0.05) is 18.7 Å². The number of hydrogen-bond acceptors (Lipinski definition) is 3. The molecule has 2 aromatic carbocycles. The van der Waals surface area contributed by atoms with E-state index in [0.717, 1.165) is 11.1 Å². The monoisotopic (exact) mass is 336 g/mol. The van der Waals surface area contributed by atoms with Gasteiger partial charge in [0.05, 0.1) is 13.7 Å². The van der Waals surface area contributed by atoms with Crippen LogP contribution in [0.5, 0.6) is 5.75 Å². The predicted octanol–water partition coefficient (Wildman–Crippen LogP) is 2.35. The smallest absolute Gasteiger partial charge is 0.251 e. The Morgan fingerprint density at radius 2 is 1.92 bits per heavy atom. The van der Waals surface area contributed by atoms with Gasteiger partial charge in [-0.15, -0.1) is 0 Å². The Morgan fingerprint density at radius 1 is 1.12 bits per heavy atom. The lowest BCUT2D eigenvalue weighted by atomic mass is 10.1. The van der Waals surface area contributed by atoms with Crippen LogP contribution in [0.15, 0.2) is 60.7 Å². The number of ether oxygens (including phenoxy) is 1. The second kappa shape index (κ2) is 7.66. The van der Waals surface area contributed by atoms with Gasteiger partial charge in [-0.05, 0) is 29.3 Å². The molecule has 0 unspecified atom stereocenters. The molecule has 0 fully saturated rings. The minimum atomic E-state index is -0.289. The molecule has 5 heteroatoms. The minimum absolute atomic E-state index is 0.0219. The van der Waals surface area contributed by atoms with E-state index >= 15 is 0 Å². The Kier molecular flexibility index (Phi) is 5.14. The summed E-state index contributed by atoms with van der Waals surface area (Å²) in [5.74, 6) is 0.219. The molecule has 5 nitrogen and oxygen atoms in total. The van der Waals surface area contributed by atoms with E-state index in [-0.39, 0.29) is 18.4 Å². The van der Waals surface area contributed by atoms with Gasteiger partial charge < -0.3 is 15.0 Å². The van der Waals surface area contributed by atoms with Crippen LogP contribution in [-0.2, 0) is 4.79 Å². The van der Waals surface area contributed by atoms with Gasteiger partial charge in [0.15, 0.2) is 0 Å². The van der Waals surface area contributed by atoms with Crippen LogP contribution >= 0.6 is 0 Å². The molecule has 0 bridgehead atoms. The van der Waals surface area contributed by atoms with E-state index < -0.39 is 0 Å². The molecule has 128 valence electrons. The molecule has 3 rings (SSSR count). The highest BCUT2D eigenvalue weighted by Crippen LogP contribution is 2.20. The Labute approximate surface area is 146 Å². The first kappa shape index (κ1) is 16.8. The molecule has 0 aliphatic carbocycles. The average Bonchev–Trinajstić information content (AvgIpc) is 3.17. The quantitative estimate of drug-likeness (QED) is 0.912. The van der Waals surface area contributed by atoms with Crippen molar-refractivity contribution in [3.8, 4) is 5.75 Å². The van der Waals surface area contributed by atoms with Crippen molar-refractivity contribution in [3.63, 3.8) is 0 Å². The summed E-state index contributed by atoms with van der Waals surface area (Å²) >= 11 is 0. The summed E-state index contributed by atoms with van der Waals surface area (Å²) in [7, 11) is 1.55. The van der Waals surface area contributed by atoms with E-state index in [9.17, 15) is 9.59 Å². The number of nitrogens with one attached hydrogen (secondary N) is 1. The van der Waals surface area contributed by atoms with E-state index in [0.29, 0.717) is 24.4 Å². The number of hydrogen-bond donors (Lipinski definition) is 1. The second-order valence-electron chi connectivity index (χ2n) is 5.78. The molecule has 0 aromatic heterocycles. The molecular weight excluding hydrogens is 316 g/mol. The number of carbonyl (C=O) groups is 2. The van der Waals surface area contributed by atoms with Gasteiger partial charge in [-0.3, -0.25) is 9.59 Å². The third-order valence-electron chi connectivity index (χ3n) is 4.15. The van der Waals surface area contributed by atoms with Gasteiger partial charge in [-0.2, -0.15) is 0 Å². The zero-order chi connectivity index (χ0) is 17.6. The molecule has 0 saturated heterocycles. The standard InChI is InChI=1S/C20H20N2O3/c1-25-18-9-5-8-16(12-18)20(24)21-13-19(23)22-11-10-17(14-22)15-6-3-2-4-7-15/h2-10,12H,11,13-14H2,1H3,(H,21,24). The van der Waals surface area contributed by atoms with Crippen LogP contribution in [0.3, 0.4) is 0 Å². The minimum Gasteiger partial charge on any atom is -0.497 e. The number of amides is 2. The summed E-state index contributed by atoms with van der Waals surface area (Å²) in [5.41, 5.74) is 2.72. The molecular formula is C20H20N2O3. The average molecular weight is 336 g/mol. The van der Waals surface area contributed by atoms with Crippen molar-refractivity contribution < 1.29 is 14.3 Å². The number of benzene rings is 2. The van der Waals surface area contributed by atoms with Crippen LogP contribution in [-0.4, -0.2) is 43.5 Å². The molecule has 2 aromatic rings. The van der Waals surface area contributed by atoms with Gasteiger partial charge >= 0.3 is 0 Å². The van der Waals surface area contributed by atoms with E-state index in [1.54, 1.807) is 36.3 Å². The zero-order valence-electron chi connectivity index (χ0n) is 14.1. The number of rotatable bonds is 5. The van der Waals surface area contributed by atoms with Crippen molar-refractivity contribution in [2.24, 2.45) is 0 Å². The molecule has 1 aliphatic rings. The predicted molar refractivity (Wildman–Crippen MR) is 96.3 cm³/mol. The van der Waals surface area contributed by atoms with E-state index in [4.69, 9.17) is 4.74 Å². The molecule has 0 spiro atoms. The summed E-state index contributed by atoms with van der Waals surface area (Å²) in [4.78, 5) is 26.2. The highest BCUT2D eigenvalue weighted by molar-refractivity contribution is 5.97. The van der Waals surface area contributed by atoms with Crippen LogP contribution in [0, 0.1) is 0 Å². The summed E-state index contributed by atoms with van der Waals surface area (Å²) < 4.78 is 5.10. The van der Waals surface area contributed by atoms with Gasteiger partial charge in [0.2, 0.25) is 5.91 Å². The van der Waals surface area contributed by atoms with Crippen molar-refractivity contribution in [1.29, 1.82) is 0 Å². The maximum Gasteiger partial charge on any atom is 0.251 e. The maximum atomic E-state index is 12.3. The topological polar surface area (TPSA) is 58.6 Å². The fourth-order valence-electron chi connectivity index (χ4n) is 2.74. The third kappa shape index (κ3) is 4.07. The second-order valence-corrected chi connectivity index (χ2v) is 5.78. The highest BCUT2D eigenvalue weighted by atomic mass is 16.5. The molecule has 2 amide bonds. The van der Waals surface area contributed by atoms with Crippen LogP contribution in [0.25, 0.3) is 5.57 Å². The Bertz CT molecular complexity index is 800. The van der Waals surface area contributed by atoms with Crippen molar-refractivity contribution in [3.05, 3.63) is 71.8 Å². The highest BCUT2D eigenvalue weighted by Gasteiger charge is 2.20. The van der Waals surface area contributed by atoms with Gasteiger partial charge in [-0.1, -0.05) is 42.5 Å². The van der Waals surface area contributed by atoms with Crippen LogP contribution in [0.1, 0.15) is 15.9 Å². The SMILES string of the molecule is COc1cccc(C(=O)NCC(=O)N2CC=C(c3ccccc3)C2)c1. The fourth-order valence-corrected chi connectivity index (χ4v) is 2.74. The van der Waals surface area contributed by atoms with Crippen LogP contribution in [0.2, 0.25) is 0 Å². The largest absolute Gasteiger partial charge is 0.497 e. The van der Waals surface area contributed by atoms with Crippen molar-refractivity contribution >= 4 is 17.4 Å². The normalized spacial score (nSPS) is 13.3. The Balaban J connectivity index is 1.53. The summed E-state index contributed by atoms with van der Waals surface area (Å²) in [6.45, 7) is 1.11. The first-order chi connectivity index (χ1) is 12.2. The number of nitrogens with zero attached hydrogens (tertiary/aromatic N) is 1. The summed E-state index contributed by atoms with van der Waals surface area (Å²) in [6.07, 6.45) is 2.05. The van der Waals surface area contributed by atoms with E-state index in [1.807, 2.05) is 30.3 Å².